The highest BCUT2D eigenvalue weighted by Gasteiger charge is 1.84. The minimum atomic E-state index is -2.38. The van der Waals surface area contributed by atoms with Crippen molar-refractivity contribution in [2.75, 3.05) is 0 Å². The molecule has 1 aromatic heterocycles. The Balaban J connectivity index is 2.97. The molecule has 3 heteroatoms. The summed E-state index contributed by atoms with van der Waals surface area (Å²) in [5.74, 6) is 0. The van der Waals surface area contributed by atoms with Crippen LogP contribution in [0.1, 0.15) is 8.44 Å². The van der Waals surface area contributed by atoms with Crippen LogP contribution >= 0.6 is 0 Å². The van der Waals surface area contributed by atoms with Gasteiger partial charge in [-0.15, -0.1) is 0 Å². The van der Waals surface area contributed by atoms with E-state index in [2.05, 4.69) is 10.2 Å². The quantitative estimate of drug-likeness (QED) is 0.554. The van der Waals surface area contributed by atoms with Gasteiger partial charge in [-0.1, -0.05) is 0 Å². The van der Waals surface area contributed by atoms with Crippen molar-refractivity contribution in [2.45, 2.75) is 6.56 Å². The van der Waals surface area contributed by atoms with Gasteiger partial charge in [0.05, 0.1) is 15.0 Å². The fraction of sp³-hybridized carbons (Fsp3) is 0.200. The Bertz CT molecular complexity index is 209. The van der Waals surface area contributed by atoms with Crippen molar-refractivity contribution in [1.82, 2.24) is 10.2 Å². The van der Waals surface area contributed by atoms with Crippen molar-refractivity contribution in [2.24, 2.45) is 0 Å². The Morgan fingerprint density at radius 3 is 3.12 bits per heavy atom. The van der Waals surface area contributed by atoms with Crippen LogP contribution in [0, 0.1) is 0 Å². The van der Waals surface area contributed by atoms with Crippen LogP contribution in [0.2, 0.25) is 0 Å². The second kappa shape index (κ2) is 2.37. The maximum absolute atomic E-state index is 8.72. The maximum atomic E-state index is 8.72. The topological polar surface area (TPSA) is 46.0 Å². The third kappa shape index (κ3) is 1.01. The molecular weight excluding hydrogens is 104 g/mol. The Hall–Kier alpha value is -0.960. The smallest absolute Gasteiger partial charge is 0.0885 e. The first-order chi connectivity index (χ1) is 4.61. The molecule has 8 heavy (non-hydrogen) atoms. The summed E-state index contributed by atoms with van der Waals surface area (Å²) in [5.41, 5.74) is -0.0741. The molecule has 3 nitrogen and oxygen atoms in total. The van der Waals surface area contributed by atoms with Gasteiger partial charge in [0.15, 0.2) is 0 Å². The summed E-state index contributed by atoms with van der Waals surface area (Å²) < 4.78 is 13.6. The van der Waals surface area contributed by atoms with Crippen LogP contribution in [0.4, 0.5) is 0 Å². The highest BCUT2D eigenvalue weighted by atomic mass is 16.3. The second-order valence-electron chi connectivity index (χ2n) is 1.22. The largest absolute Gasteiger partial charge is 0.390 e. The lowest BCUT2D eigenvalue weighted by molar-refractivity contribution is 0.275. The molecule has 0 saturated heterocycles. The van der Waals surface area contributed by atoms with Gasteiger partial charge in [-0.05, 0) is 12.1 Å². The van der Waals surface area contributed by atoms with Gasteiger partial charge in [0.2, 0.25) is 0 Å². The van der Waals surface area contributed by atoms with Crippen LogP contribution in [0.15, 0.2) is 18.3 Å². The fourth-order valence-corrected chi connectivity index (χ4v) is 0.361. The SMILES string of the molecule is [2H]C([2H])(O)c1cccnn1. The number of aromatic nitrogens is 2. The number of hydrogen-bond acceptors (Lipinski definition) is 3. The zero-order valence-electron chi connectivity index (χ0n) is 6.07. The monoisotopic (exact) mass is 112 g/mol. The van der Waals surface area contributed by atoms with Crippen LogP contribution < -0.4 is 0 Å². The Morgan fingerprint density at radius 1 is 1.88 bits per heavy atom. The lowest BCUT2D eigenvalue weighted by atomic mass is 10.4. The highest BCUT2D eigenvalue weighted by molar-refractivity contribution is 4.96. The van der Waals surface area contributed by atoms with E-state index < -0.39 is 6.56 Å². The zero-order chi connectivity index (χ0) is 7.61. The van der Waals surface area contributed by atoms with Crippen molar-refractivity contribution in [3.8, 4) is 0 Å². The second-order valence-corrected chi connectivity index (χ2v) is 1.22. The van der Waals surface area contributed by atoms with Crippen LogP contribution in [-0.4, -0.2) is 15.3 Å². The number of rotatable bonds is 1. The number of aliphatic hydroxyl groups is 1. The molecule has 0 radical (unpaired) electrons. The predicted octanol–water partition coefficient (Wildman–Crippen LogP) is -0.0311. The van der Waals surface area contributed by atoms with Gasteiger partial charge >= 0.3 is 0 Å². The van der Waals surface area contributed by atoms with E-state index in [1.54, 1.807) is 0 Å². The lowest BCUT2D eigenvalue weighted by Crippen LogP contribution is -1.88. The van der Waals surface area contributed by atoms with Gasteiger partial charge in [0, 0.05) is 6.20 Å². The minimum absolute atomic E-state index is 0.0741. The first-order valence-electron chi connectivity index (χ1n) is 3.11. The molecule has 1 rings (SSSR count). The van der Waals surface area contributed by atoms with Gasteiger partial charge in [0.1, 0.15) is 0 Å². The van der Waals surface area contributed by atoms with Crippen LogP contribution in [0.3, 0.4) is 0 Å². The van der Waals surface area contributed by atoms with Gasteiger partial charge in [0.25, 0.3) is 0 Å². The summed E-state index contributed by atoms with van der Waals surface area (Å²) in [6.07, 6.45) is 1.41. The van der Waals surface area contributed by atoms with E-state index in [0.717, 1.165) is 0 Å². The molecule has 42 valence electrons. The van der Waals surface area contributed by atoms with E-state index in [0.29, 0.717) is 0 Å². The van der Waals surface area contributed by atoms with E-state index in [-0.39, 0.29) is 5.69 Å². The molecule has 0 aromatic carbocycles. The maximum Gasteiger partial charge on any atom is 0.0885 e. The van der Waals surface area contributed by atoms with E-state index in [1.807, 2.05) is 0 Å². The molecular formula is C5H6N2O. The van der Waals surface area contributed by atoms with E-state index in [1.165, 1.54) is 18.3 Å². The Kier molecular flexibility index (Phi) is 0.932. The van der Waals surface area contributed by atoms with E-state index >= 15 is 0 Å². The van der Waals surface area contributed by atoms with Crippen molar-refractivity contribution in [3.63, 3.8) is 0 Å². The van der Waals surface area contributed by atoms with Gasteiger partial charge in [-0.2, -0.15) is 10.2 Å². The van der Waals surface area contributed by atoms with Crippen molar-refractivity contribution >= 4 is 0 Å². The third-order valence-corrected chi connectivity index (χ3v) is 0.687. The molecule has 0 saturated carbocycles. The number of hydrogen-bond donors (Lipinski definition) is 1. The molecule has 0 atom stereocenters. The first-order valence-corrected chi connectivity index (χ1v) is 2.11. The standard InChI is InChI=1S/C5H6N2O/c8-4-5-2-1-3-6-7-5/h1-3,8H,4H2/i4D2. The summed E-state index contributed by atoms with van der Waals surface area (Å²) in [6, 6.07) is 2.88. The van der Waals surface area contributed by atoms with Gasteiger partial charge in [-0.25, -0.2) is 0 Å². The molecule has 0 aliphatic heterocycles. The molecule has 1 heterocycles. The molecule has 0 aliphatic carbocycles. The van der Waals surface area contributed by atoms with Gasteiger partial charge < -0.3 is 5.11 Å². The van der Waals surface area contributed by atoms with Crippen LogP contribution in [-0.2, 0) is 6.56 Å². The van der Waals surface area contributed by atoms with Crippen molar-refractivity contribution < 1.29 is 7.85 Å². The predicted molar refractivity (Wildman–Crippen MR) is 28.0 cm³/mol. The van der Waals surface area contributed by atoms with Crippen LogP contribution in [0.5, 0.6) is 0 Å². The molecule has 0 amide bonds. The lowest BCUT2D eigenvalue weighted by Gasteiger charge is -1.86. The fourth-order valence-electron chi connectivity index (χ4n) is 0.361. The average molecular weight is 112 g/mol. The highest BCUT2D eigenvalue weighted by Crippen LogP contribution is 1.86. The third-order valence-electron chi connectivity index (χ3n) is 0.687. The Morgan fingerprint density at radius 2 is 2.75 bits per heavy atom. The Labute approximate surface area is 49.8 Å². The molecule has 0 spiro atoms. The first kappa shape index (κ1) is 3.14. The zero-order valence-corrected chi connectivity index (χ0v) is 4.07. The molecule has 0 bridgehead atoms. The van der Waals surface area contributed by atoms with Crippen molar-refractivity contribution in [3.05, 3.63) is 24.0 Å². The van der Waals surface area contributed by atoms with Crippen LogP contribution in [0.25, 0.3) is 0 Å². The number of nitrogens with zero attached hydrogens (tertiary/aromatic N) is 2. The summed E-state index contributed by atoms with van der Waals surface area (Å²) in [5, 5.41) is 15.5. The van der Waals surface area contributed by atoms with E-state index in [4.69, 9.17) is 7.85 Å². The minimum Gasteiger partial charge on any atom is -0.390 e. The summed E-state index contributed by atoms with van der Waals surface area (Å²) >= 11 is 0. The van der Waals surface area contributed by atoms with Crippen molar-refractivity contribution in [1.29, 1.82) is 0 Å². The van der Waals surface area contributed by atoms with E-state index in [9.17, 15) is 0 Å². The molecule has 0 fully saturated rings. The molecule has 1 aromatic rings. The van der Waals surface area contributed by atoms with Gasteiger partial charge in [-0.3, -0.25) is 0 Å². The molecule has 1 N–H and O–H groups in total. The summed E-state index contributed by atoms with van der Waals surface area (Å²) in [7, 11) is 0. The molecule has 0 unspecified atom stereocenters. The normalized spacial score (nSPS) is 14.6. The summed E-state index contributed by atoms with van der Waals surface area (Å²) in [6.45, 7) is -2.38. The molecule has 0 aliphatic rings. The summed E-state index contributed by atoms with van der Waals surface area (Å²) in [4.78, 5) is 0. The average Bonchev–Trinajstić information content (AvgIpc) is 1.88.